The van der Waals surface area contributed by atoms with Crippen LogP contribution >= 0.6 is 0 Å². The van der Waals surface area contributed by atoms with Crippen LogP contribution in [0.5, 0.6) is 0 Å². The van der Waals surface area contributed by atoms with E-state index in [2.05, 4.69) is 15.0 Å². The number of hydrogen-bond acceptors (Lipinski definition) is 11. The van der Waals surface area contributed by atoms with Gasteiger partial charge in [0.05, 0.1) is 29.7 Å². The van der Waals surface area contributed by atoms with Crippen molar-refractivity contribution in [1.82, 2.24) is 24.2 Å². The van der Waals surface area contributed by atoms with Crippen molar-refractivity contribution in [1.29, 1.82) is 0 Å². The standard InChI is InChI=1S/C23H23N5O8/c1-11-6-14-15(7-12(11)2)27(9-16(30)19(32)17(31)10-29)20-18(25-14)21(33)28(23(35)26-20)36-22(34)13-4-3-5-24-8-13/h3-8,16-17,19,29-32H,9-10H2,1-2H3. The molecule has 0 fully saturated rings. The number of carbonyl (C=O) groups excluding carboxylic acids is 1. The Morgan fingerprint density at radius 3 is 2.47 bits per heavy atom. The molecule has 3 heterocycles. The summed E-state index contributed by atoms with van der Waals surface area (Å²) in [5.41, 5.74) is -0.262. The lowest BCUT2D eigenvalue weighted by molar-refractivity contribution is -0.0802. The van der Waals surface area contributed by atoms with Crippen molar-refractivity contribution in [2.75, 3.05) is 6.61 Å². The minimum Gasteiger partial charge on any atom is -0.394 e. The highest BCUT2D eigenvalue weighted by Gasteiger charge is 2.29. The molecular formula is C23H23N5O8. The Bertz CT molecular complexity index is 1520. The summed E-state index contributed by atoms with van der Waals surface area (Å²) in [4.78, 5) is 55.3. The fraction of sp³-hybridized carbons (Fsp3) is 0.304. The topological polar surface area (TPSA) is 190 Å². The fourth-order valence-corrected chi connectivity index (χ4v) is 3.62. The highest BCUT2D eigenvalue weighted by molar-refractivity contribution is 5.89. The van der Waals surface area contributed by atoms with E-state index in [0.29, 0.717) is 11.0 Å². The van der Waals surface area contributed by atoms with Gasteiger partial charge in [-0.1, -0.05) is 4.73 Å². The average Bonchev–Trinajstić information content (AvgIpc) is 2.87. The van der Waals surface area contributed by atoms with Gasteiger partial charge in [-0.2, -0.15) is 4.98 Å². The molecule has 2 aromatic rings. The zero-order valence-electron chi connectivity index (χ0n) is 19.3. The molecule has 4 N–H and O–H groups in total. The van der Waals surface area contributed by atoms with Gasteiger partial charge in [0, 0.05) is 12.4 Å². The molecule has 13 nitrogen and oxygen atoms in total. The van der Waals surface area contributed by atoms with E-state index in [1.54, 1.807) is 12.1 Å². The predicted octanol–water partition coefficient (Wildman–Crippen LogP) is -1.59. The second-order valence-electron chi connectivity index (χ2n) is 8.24. The molecule has 0 bridgehead atoms. The number of benzene rings is 1. The summed E-state index contributed by atoms with van der Waals surface area (Å²) in [5, 5.41) is 39.5. The van der Waals surface area contributed by atoms with Gasteiger partial charge in [-0.3, -0.25) is 9.78 Å². The van der Waals surface area contributed by atoms with Crippen molar-refractivity contribution in [3.63, 3.8) is 0 Å². The molecule has 0 aliphatic carbocycles. The molecule has 0 saturated carbocycles. The van der Waals surface area contributed by atoms with Gasteiger partial charge in [0.2, 0.25) is 0 Å². The van der Waals surface area contributed by atoms with E-state index in [0.717, 1.165) is 11.1 Å². The van der Waals surface area contributed by atoms with Crippen molar-refractivity contribution in [3.05, 3.63) is 74.2 Å². The Balaban J connectivity index is 1.91. The van der Waals surface area contributed by atoms with E-state index >= 15 is 0 Å². The summed E-state index contributed by atoms with van der Waals surface area (Å²) in [6, 6.07) is 6.25. The van der Waals surface area contributed by atoms with Crippen molar-refractivity contribution < 1.29 is 30.1 Å². The van der Waals surface area contributed by atoms with Gasteiger partial charge in [-0.05, 0) is 49.2 Å². The fourth-order valence-electron chi connectivity index (χ4n) is 3.62. The predicted molar refractivity (Wildman–Crippen MR) is 124 cm³/mol. The van der Waals surface area contributed by atoms with Crippen molar-refractivity contribution >= 4 is 17.0 Å². The van der Waals surface area contributed by atoms with Crippen LogP contribution in [0.15, 0.2) is 46.2 Å². The van der Waals surface area contributed by atoms with Gasteiger partial charge in [-0.25, -0.2) is 14.6 Å². The highest BCUT2D eigenvalue weighted by Crippen LogP contribution is 2.24. The summed E-state index contributed by atoms with van der Waals surface area (Å²) < 4.78 is 1.49. The monoisotopic (exact) mass is 497 g/mol. The first kappa shape index (κ1) is 25.1. The lowest BCUT2D eigenvalue weighted by atomic mass is 10.1. The van der Waals surface area contributed by atoms with E-state index in [1.165, 1.54) is 29.1 Å². The van der Waals surface area contributed by atoms with Crippen LogP contribution in [0.4, 0.5) is 0 Å². The zero-order chi connectivity index (χ0) is 26.1. The number of aliphatic hydroxyl groups is 4. The maximum absolute atomic E-state index is 13.2. The molecule has 13 heteroatoms. The van der Waals surface area contributed by atoms with Crippen molar-refractivity contribution in [2.45, 2.75) is 38.7 Å². The zero-order valence-corrected chi connectivity index (χ0v) is 19.3. The van der Waals surface area contributed by atoms with Gasteiger partial charge in [-0.15, -0.1) is 0 Å². The summed E-state index contributed by atoms with van der Waals surface area (Å²) in [6.45, 7) is 2.44. The summed E-state index contributed by atoms with van der Waals surface area (Å²) in [6.07, 6.45) is -2.35. The number of aliphatic hydroxyl groups excluding tert-OH is 4. The van der Waals surface area contributed by atoms with Gasteiger partial charge in [0.15, 0.2) is 11.5 Å². The lowest BCUT2D eigenvalue weighted by Gasteiger charge is -2.25. The highest BCUT2D eigenvalue weighted by atomic mass is 16.7. The molecule has 0 amide bonds. The smallest absolute Gasteiger partial charge is 0.386 e. The van der Waals surface area contributed by atoms with E-state index in [9.17, 15) is 29.7 Å². The number of pyridine rings is 1. The summed E-state index contributed by atoms with van der Waals surface area (Å²) in [5.74, 6) is -1.25. The Kier molecular flexibility index (Phi) is 6.90. The van der Waals surface area contributed by atoms with Crippen LogP contribution in [-0.2, 0) is 6.54 Å². The molecular weight excluding hydrogens is 474 g/mol. The Morgan fingerprint density at radius 1 is 1.08 bits per heavy atom. The summed E-state index contributed by atoms with van der Waals surface area (Å²) in [7, 11) is 0. The first-order chi connectivity index (χ1) is 17.1. The first-order valence-electron chi connectivity index (χ1n) is 10.8. The van der Waals surface area contributed by atoms with Crippen LogP contribution in [-0.4, -0.2) is 75.6 Å². The normalized spacial score (nSPS) is 14.1. The number of aryl methyl sites for hydroxylation is 2. The second-order valence-corrected chi connectivity index (χ2v) is 8.24. The minimum atomic E-state index is -1.74. The van der Waals surface area contributed by atoms with E-state index in [-0.39, 0.29) is 21.8 Å². The van der Waals surface area contributed by atoms with Gasteiger partial charge in [0.25, 0.3) is 0 Å². The van der Waals surface area contributed by atoms with Gasteiger partial charge in [0.1, 0.15) is 18.3 Å². The van der Waals surface area contributed by atoms with Crippen LogP contribution in [0.2, 0.25) is 0 Å². The van der Waals surface area contributed by atoms with Crippen LogP contribution in [0.1, 0.15) is 21.5 Å². The maximum atomic E-state index is 13.2. The van der Waals surface area contributed by atoms with E-state index < -0.39 is 48.7 Å². The number of fused-ring (bicyclic) bond motifs is 2. The van der Waals surface area contributed by atoms with E-state index in [4.69, 9.17) is 9.94 Å². The second kappa shape index (κ2) is 9.91. The number of hydrogen-bond donors (Lipinski definition) is 4. The van der Waals surface area contributed by atoms with Gasteiger partial charge < -0.3 is 29.8 Å². The maximum Gasteiger partial charge on any atom is 0.386 e. The molecule has 1 aromatic carbocycles. The van der Waals surface area contributed by atoms with Crippen molar-refractivity contribution in [2.24, 2.45) is 0 Å². The molecule has 0 spiro atoms. The molecule has 2 aliphatic heterocycles. The molecule has 0 saturated heterocycles. The number of carbonyl (C=O) groups is 1. The summed E-state index contributed by atoms with van der Waals surface area (Å²) >= 11 is 0. The Labute approximate surface area is 202 Å². The molecule has 2 aliphatic rings. The number of aromatic nitrogens is 5. The largest absolute Gasteiger partial charge is 0.394 e. The first-order valence-corrected chi connectivity index (χ1v) is 10.8. The molecule has 4 rings (SSSR count). The van der Waals surface area contributed by atoms with Crippen LogP contribution in [0.25, 0.3) is 22.6 Å². The molecule has 36 heavy (non-hydrogen) atoms. The van der Waals surface area contributed by atoms with Crippen LogP contribution in [0, 0.1) is 13.8 Å². The third kappa shape index (κ3) is 4.59. The minimum absolute atomic E-state index is 0.00363. The third-order valence-corrected chi connectivity index (χ3v) is 5.76. The molecule has 1 aromatic heterocycles. The number of rotatable bonds is 7. The van der Waals surface area contributed by atoms with Crippen molar-refractivity contribution in [3.8, 4) is 11.5 Å². The molecule has 3 unspecified atom stereocenters. The van der Waals surface area contributed by atoms with Gasteiger partial charge >= 0.3 is 17.2 Å². The molecule has 0 radical (unpaired) electrons. The Morgan fingerprint density at radius 2 is 1.81 bits per heavy atom. The number of nitrogens with zero attached hydrogens (tertiary/aromatic N) is 5. The van der Waals surface area contributed by atoms with E-state index in [1.807, 2.05) is 13.8 Å². The molecule has 3 atom stereocenters. The lowest BCUT2D eigenvalue weighted by Crippen LogP contribution is -2.45. The molecule has 188 valence electrons. The van der Waals surface area contributed by atoms with Crippen LogP contribution < -0.4 is 16.1 Å². The van der Waals surface area contributed by atoms with Crippen LogP contribution in [0.3, 0.4) is 0 Å². The Hall–Kier alpha value is -4.04. The average molecular weight is 497 g/mol. The SMILES string of the molecule is Cc1cc2nc3c(=O)n(OC(=O)c4cccnc4)c(=O)nc-3n(CC(O)C(O)C(O)CO)c2cc1C. The quantitative estimate of drug-likeness (QED) is 0.215. The third-order valence-electron chi connectivity index (χ3n) is 5.76.